The summed E-state index contributed by atoms with van der Waals surface area (Å²) < 4.78 is 37.0. The minimum absolute atomic E-state index is 0.0116. The molecule has 0 bridgehead atoms. The van der Waals surface area contributed by atoms with Crippen molar-refractivity contribution in [1.82, 2.24) is 10.3 Å². The average molecular weight is 310 g/mol. The minimum Gasteiger partial charge on any atom is -0.480 e. The van der Waals surface area contributed by atoms with Crippen molar-refractivity contribution in [3.05, 3.63) is 16.1 Å². The van der Waals surface area contributed by atoms with Crippen molar-refractivity contribution in [1.29, 1.82) is 0 Å². The first-order valence-electron chi connectivity index (χ1n) is 5.67. The first kappa shape index (κ1) is 16.4. The van der Waals surface area contributed by atoms with E-state index in [1.807, 2.05) is 0 Å². The Morgan fingerprint density at radius 2 is 2.05 bits per heavy atom. The number of carbonyl (C=O) groups excluding carboxylic acids is 1. The maximum atomic E-state index is 12.3. The van der Waals surface area contributed by atoms with Gasteiger partial charge in [-0.1, -0.05) is 13.8 Å². The van der Waals surface area contributed by atoms with Crippen LogP contribution in [-0.2, 0) is 11.0 Å². The number of carboxylic acid groups (broad SMARTS) is 1. The number of halogens is 3. The van der Waals surface area contributed by atoms with Crippen molar-refractivity contribution >= 4 is 23.2 Å². The molecule has 112 valence electrons. The van der Waals surface area contributed by atoms with E-state index >= 15 is 0 Å². The third-order valence-corrected chi connectivity index (χ3v) is 3.18. The molecular weight excluding hydrogens is 297 g/mol. The van der Waals surface area contributed by atoms with Crippen LogP contribution in [0.15, 0.2) is 5.38 Å². The van der Waals surface area contributed by atoms with E-state index in [1.54, 1.807) is 13.8 Å². The summed E-state index contributed by atoms with van der Waals surface area (Å²) in [6.45, 7) is 3.54. The Hall–Kier alpha value is -1.64. The van der Waals surface area contributed by atoms with Crippen LogP contribution in [-0.4, -0.2) is 28.0 Å². The van der Waals surface area contributed by atoms with E-state index in [-0.39, 0.29) is 23.7 Å². The van der Waals surface area contributed by atoms with Crippen LogP contribution in [0, 0.1) is 5.92 Å². The lowest BCUT2D eigenvalue weighted by Crippen LogP contribution is -2.41. The molecule has 0 saturated heterocycles. The smallest absolute Gasteiger partial charge is 0.443 e. The summed E-state index contributed by atoms with van der Waals surface area (Å²) in [6, 6.07) is -1.15. The van der Waals surface area contributed by atoms with Crippen LogP contribution in [0.3, 0.4) is 0 Å². The van der Waals surface area contributed by atoms with E-state index in [2.05, 4.69) is 10.3 Å². The fourth-order valence-electron chi connectivity index (χ4n) is 1.43. The summed E-state index contributed by atoms with van der Waals surface area (Å²) in [7, 11) is 0. The summed E-state index contributed by atoms with van der Waals surface area (Å²) in [5.41, 5.74) is -0.433. The molecule has 0 saturated carbocycles. The van der Waals surface area contributed by atoms with E-state index in [0.29, 0.717) is 0 Å². The molecule has 1 unspecified atom stereocenters. The van der Waals surface area contributed by atoms with Gasteiger partial charge < -0.3 is 10.4 Å². The number of carboxylic acids is 1. The van der Waals surface area contributed by atoms with Crippen LogP contribution in [0.5, 0.6) is 0 Å². The van der Waals surface area contributed by atoms with Crippen LogP contribution >= 0.6 is 11.3 Å². The number of nitrogens with zero attached hydrogens (tertiary/aromatic N) is 1. The Morgan fingerprint density at radius 1 is 1.45 bits per heavy atom. The SMILES string of the molecule is CC(C)CC(NC(=O)c1csc(C(F)(F)F)n1)C(=O)O. The number of alkyl halides is 3. The molecule has 9 heteroatoms. The Balaban J connectivity index is 2.79. The van der Waals surface area contributed by atoms with Crippen molar-refractivity contribution in [2.45, 2.75) is 32.5 Å². The second kappa shape index (κ2) is 6.21. The molecule has 1 rings (SSSR count). The molecule has 1 aromatic heterocycles. The highest BCUT2D eigenvalue weighted by molar-refractivity contribution is 7.09. The van der Waals surface area contributed by atoms with Crippen LogP contribution in [0.25, 0.3) is 0 Å². The van der Waals surface area contributed by atoms with Crippen molar-refractivity contribution in [2.24, 2.45) is 5.92 Å². The highest BCUT2D eigenvalue weighted by Gasteiger charge is 2.35. The summed E-state index contributed by atoms with van der Waals surface area (Å²) in [5, 5.41) is 10.9. The standard InChI is InChI=1S/C11H13F3N2O3S/c1-5(2)3-6(9(18)19)15-8(17)7-4-20-10(16-7)11(12,13)14/h4-6H,3H2,1-2H3,(H,15,17)(H,18,19). The summed E-state index contributed by atoms with van der Waals surface area (Å²) in [6.07, 6.45) is -4.44. The number of amides is 1. The van der Waals surface area contributed by atoms with Crippen LogP contribution < -0.4 is 5.32 Å². The molecule has 0 aliphatic heterocycles. The second-order valence-corrected chi connectivity index (χ2v) is 5.39. The van der Waals surface area contributed by atoms with Crippen molar-refractivity contribution in [3.8, 4) is 0 Å². The molecule has 0 fully saturated rings. The Kier molecular flexibility index (Phi) is 5.09. The van der Waals surface area contributed by atoms with E-state index in [4.69, 9.17) is 5.11 Å². The number of carbonyl (C=O) groups is 2. The van der Waals surface area contributed by atoms with Gasteiger partial charge in [0.1, 0.15) is 11.7 Å². The average Bonchev–Trinajstić information content (AvgIpc) is 2.75. The summed E-state index contributed by atoms with van der Waals surface area (Å²) in [4.78, 5) is 25.8. The number of rotatable bonds is 5. The Labute approximate surface area is 116 Å². The lowest BCUT2D eigenvalue weighted by molar-refractivity contribution is -0.140. The predicted molar refractivity (Wildman–Crippen MR) is 65.5 cm³/mol. The van der Waals surface area contributed by atoms with Gasteiger partial charge in [-0.05, 0) is 12.3 Å². The first-order valence-corrected chi connectivity index (χ1v) is 6.55. The predicted octanol–water partition coefficient (Wildman–Crippen LogP) is 2.39. The zero-order valence-electron chi connectivity index (χ0n) is 10.7. The molecule has 0 radical (unpaired) electrons. The fourth-order valence-corrected chi connectivity index (χ4v) is 2.10. The molecule has 20 heavy (non-hydrogen) atoms. The number of hydrogen-bond donors (Lipinski definition) is 2. The lowest BCUT2D eigenvalue weighted by atomic mass is 10.0. The third kappa shape index (κ3) is 4.48. The zero-order chi connectivity index (χ0) is 15.5. The topological polar surface area (TPSA) is 79.3 Å². The molecule has 0 aromatic carbocycles. The highest BCUT2D eigenvalue weighted by Crippen LogP contribution is 2.31. The largest absolute Gasteiger partial charge is 0.480 e. The summed E-state index contributed by atoms with van der Waals surface area (Å²) >= 11 is 0.290. The normalized spacial score (nSPS) is 13.3. The second-order valence-electron chi connectivity index (χ2n) is 4.53. The van der Waals surface area contributed by atoms with Gasteiger partial charge in [0, 0.05) is 5.38 Å². The van der Waals surface area contributed by atoms with Crippen molar-refractivity contribution in [2.75, 3.05) is 0 Å². The monoisotopic (exact) mass is 310 g/mol. The van der Waals surface area contributed by atoms with E-state index in [1.165, 1.54) is 0 Å². The van der Waals surface area contributed by atoms with Gasteiger partial charge in [0.05, 0.1) is 0 Å². The third-order valence-electron chi connectivity index (χ3n) is 2.29. The zero-order valence-corrected chi connectivity index (χ0v) is 11.5. The van der Waals surface area contributed by atoms with E-state index in [9.17, 15) is 22.8 Å². The van der Waals surface area contributed by atoms with E-state index in [0.717, 1.165) is 5.38 Å². The number of aliphatic carboxylic acids is 1. The van der Waals surface area contributed by atoms with Crippen molar-refractivity contribution in [3.63, 3.8) is 0 Å². The lowest BCUT2D eigenvalue weighted by Gasteiger charge is -2.15. The molecular formula is C11H13F3N2O3S. The number of nitrogens with one attached hydrogen (secondary N) is 1. The fraction of sp³-hybridized carbons (Fsp3) is 0.545. The van der Waals surface area contributed by atoms with Crippen LogP contribution in [0.2, 0.25) is 0 Å². The van der Waals surface area contributed by atoms with Gasteiger partial charge in [-0.2, -0.15) is 13.2 Å². The van der Waals surface area contributed by atoms with E-state index < -0.39 is 34.8 Å². The molecule has 1 atom stereocenters. The molecule has 0 spiro atoms. The number of hydrogen-bond acceptors (Lipinski definition) is 4. The molecule has 1 heterocycles. The minimum atomic E-state index is -4.62. The van der Waals surface area contributed by atoms with Gasteiger partial charge in [0.2, 0.25) is 0 Å². The highest BCUT2D eigenvalue weighted by atomic mass is 32.1. The summed E-state index contributed by atoms with van der Waals surface area (Å²) in [5.74, 6) is -2.15. The van der Waals surface area contributed by atoms with Crippen molar-refractivity contribution < 1.29 is 27.9 Å². The van der Waals surface area contributed by atoms with Gasteiger partial charge in [0.25, 0.3) is 5.91 Å². The van der Waals surface area contributed by atoms with Gasteiger partial charge >= 0.3 is 12.1 Å². The van der Waals surface area contributed by atoms with Gasteiger partial charge in [0.15, 0.2) is 5.01 Å². The first-order chi connectivity index (χ1) is 9.11. The molecule has 0 aliphatic carbocycles. The maximum Gasteiger partial charge on any atom is 0.443 e. The molecule has 5 nitrogen and oxygen atoms in total. The Bertz CT molecular complexity index is 499. The van der Waals surface area contributed by atoms with Gasteiger partial charge in [-0.15, -0.1) is 11.3 Å². The molecule has 1 aromatic rings. The van der Waals surface area contributed by atoms with Crippen LogP contribution in [0.1, 0.15) is 35.8 Å². The van der Waals surface area contributed by atoms with Gasteiger partial charge in [-0.3, -0.25) is 4.79 Å². The van der Waals surface area contributed by atoms with Gasteiger partial charge in [-0.25, -0.2) is 9.78 Å². The van der Waals surface area contributed by atoms with Crippen LogP contribution in [0.4, 0.5) is 13.2 Å². The molecule has 0 aliphatic rings. The molecule has 1 amide bonds. The maximum absolute atomic E-state index is 12.3. The Morgan fingerprint density at radius 3 is 2.45 bits per heavy atom. The number of aromatic nitrogens is 1. The molecule has 2 N–H and O–H groups in total. The number of thiazole rings is 1. The quantitative estimate of drug-likeness (QED) is 0.875.